The van der Waals surface area contributed by atoms with E-state index in [4.69, 9.17) is 0 Å². The summed E-state index contributed by atoms with van der Waals surface area (Å²) >= 11 is 0. The summed E-state index contributed by atoms with van der Waals surface area (Å²) in [6.07, 6.45) is 4.19. The van der Waals surface area contributed by atoms with Crippen molar-refractivity contribution in [1.29, 1.82) is 0 Å². The Kier molecular flexibility index (Phi) is 5.64. The quantitative estimate of drug-likeness (QED) is 0.362. The molecule has 1 aliphatic rings. The number of ketones is 1. The van der Waals surface area contributed by atoms with Gasteiger partial charge in [-0.15, -0.1) is 0 Å². The first-order chi connectivity index (χ1) is 16.8. The van der Waals surface area contributed by atoms with Crippen LogP contribution in [-0.4, -0.2) is 73.3 Å². The first-order valence-electron chi connectivity index (χ1n) is 11.2. The predicted octanol–water partition coefficient (Wildman–Crippen LogP) is 2.58. The molecule has 10 heteroatoms. The molecule has 1 N–H and O–H groups in total. The second-order valence-electron chi connectivity index (χ2n) is 8.52. The monoisotopic (exact) mass is 474 g/mol. The van der Waals surface area contributed by atoms with Gasteiger partial charge in [-0.05, 0) is 24.6 Å². The number of hydrogen-bond acceptors (Lipinski definition) is 5. The number of fused-ring (bicyclic) bond motifs is 1. The third-order valence-corrected chi connectivity index (χ3v) is 6.21. The number of rotatable bonds is 4. The first kappa shape index (κ1) is 22.5. The number of aromatic nitrogens is 4. The highest BCUT2D eigenvalue weighted by atomic mass is 19.1. The number of benzene rings is 1. The normalized spacial score (nSPS) is 13.9. The van der Waals surface area contributed by atoms with Crippen LogP contribution in [0.15, 0.2) is 48.9 Å². The molecule has 1 saturated heterocycles. The molecule has 0 bridgehead atoms. The molecule has 0 radical (unpaired) electrons. The molecule has 9 nitrogen and oxygen atoms in total. The van der Waals surface area contributed by atoms with Crippen molar-refractivity contribution in [1.82, 2.24) is 29.5 Å². The zero-order chi connectivity index (χ0) is 24.7. The van der Waals surface area contributed by atoms with Gasteiger partial charge < -0.3 is 14.8 Å². The van der Waals surface area contributed by atoms with Crippen molar-refractivity contribution in [2.75, 3.05) is 26.2 Å². The molecular weight excluding hydrogens is 451 g/mol. The zero-order valence-corrected chi connectivity index (χ0v) is 19.3. The van der Waals surface area contributed by atoms with Crippen LogP contribution in [0.3, 0.4) is 0 Å². The molecule has 0 atom stereocenters. The lowest BCUT2D eigenvalue weighted by molar-refractivity contribution is -0.127. The Bertz CT molecular complexity index is 1450. The number of amides is 2. The van der Waals surface area contributed by atoms with Gasteiger partial charge in [-0.3, -0.25) is 19.1 Å². The summed E-state index contributed by atoms with van der Waals surface area (Å²) in [5.41, 5.74) is 2.63. The van der Waals surface area contributed by atoms with E-state index in [1.165, 1.54) is 11.1 Å². The fraction of sp³-hybridized carbons (Fsp3) is 0.240. The maximum atomic E-state index is 14.8. The average molecular weight is 474 g/mol. The highest BCUT2D eigenvalue weighted by Gasteiger charge is 2.31. The fourth-order valence-corrected chi connectivity index (χ4v) is 4.44. The van der Waals surface area contributed by atoms with Gasteiger partial charge in [0.1, 0.15) is 11.4 Å². The first-order valence-corrected chi connectivity index (χ1v) is 11.2. The summed E-state index contributed by atoms with van der Waals surface area (Å²) in [5.74, 6) is -2.36. The van der Waals surface area contributed by atoms with Crippen molar-refractivity contribution >= 4 is 28.5 Å². The highest BCUT2D eigenvalue weighted by Crippen LogP contribution is 2.31. The van der Waals surface area contributed by atoms with E-state index in [1.807, 2.05) is 19.2 Å². The van der Waals surface area contributed by atoms with Crippen molar-refractivity contribution in [3.8, 4) is 11.4 Å². The lowest BCUT2D eigenvalue weighted by atomic mass is 10.1. The average Bonchev–Trinajstić information content (AvgIpc) is 3.47. The van der Waals surface area contributed by atoms with Crippen LogP contribution in [0.25, 0.3) is 22.3 Å². The van der Waals surface area contributed by atoms with E-state index in [1.54, 1.807) is 40.9 Å². The molecule has 0 spiro atoms. The minimum absolute atomic E-state index is 0.0105. The molecule has 4 aromatic rings. The molecular formula is C25H23FN6O3. The topological polar surface area (TPSA) is 104 Å². The van der Waals surface area contributed by atoms with Crippen molar-refractivity contribution in [3.05, 3.63) is 71.4 Å². The Morgan fingerprint density at radius 3 is 2.34 bits per heavy atom. The van der Waals surface area contributed by atoms with Crippen LogP contribution < -0.4 is 0 Å². The SMILES string of the molecule is Cc1cn(C)nc1-c1ncc(F)c2c(C(=O)C(=O)N3CCN(C(=O)c4ccccc4)CC3)c[nH]c12. The molecule has 3 aromatic heterocycles. The van der Waals surface area contributed by atoms with E-state index in [2.05, 4.69) is 15.1 Å². The summed E-state index contributed by atoms with van der Waals surface area (Å²) < 4.78 is 16.4. The third kappa shape index (κ3) is 3.96. The molecule has 0 saturated carbocycles. The number of Topliss-reactive ketones (excluding diaryl/α,β-unsaturated/α-hetero) is 1. The predicted molar refractivity (Wildman–Crippen MR) is 126 cm³/mol. The third-order valence-electron chi connectivity index (χ3n) is 6.21. The smallest absolute Gasteiger partial charge is 0.295 e. The van der Waals surface area contributed by atoms with E-state index >= 15 is 0 Å². The van der Waals surface area contributed by atoms with Crippen molar-refractivity contribution in [2.24, 2.45) is 7.05 Å². The summed E-state index contributed by atoms with van der Waals surface area (Å²) in [7, 11) is 1.77. The summed E-state index contributed by atoms with van der Waals surface area (Å²) in [6.45, 7) is 2.91. The van der Waals surface area contributed by atoms with Crippen molar-refractivity contribution in [3.63, 3.8) is 0 Å². The number of H-pyrrole nitrogens is 1. The number of halogens is 1. The molecule has 2 amide bonds. The second kappa shape index (κ2) is 8.79. The Labute approximate surface area is 200 Å². The number of pyridine rings is 1. The number of nitrogens with zero attached hydrogens (tertiary/aromatic N) is 5. The van der Waals surface area contributed by atoms with Gasteiger partial charge in [0.25, 0.3) is 17.6 Å². The van der Waals surface area contributed by atoms with Gasteiger partial charge in [0, 0.05) is 51.2 Å². The van der Waals surface area contributed by atoms with Gasteiger partial charge in [-0.2, -0.15) is 5.10 Å². The Hall–Kier alpha value is -4.34. The van der Waals surface area contributed by atoms with Crippen LogP contribution in [0, 0.1) is 12.7 Å². The Balaban J connectivity index is 1.36. The standard InChI is InChI=1S/C25H23FN6O3/c1-15-14-30(2)29-20(15)22-21-19(18(26)13-28-22)17(12-27-21)23(33)25(35)32-10-8-31(9-11-32)24(34)16-6-4-3-5-7-16/h3-7,12-14,27H,8-11H2,1-2H3. The minimum Gasteiger partial charge on any atom is -0.359 e. The van der Waals surface area contributed by atoms with E-state index in [9.17, 15) is 18.8 Å². The lowest BCUT2D eigenvalue weighted by Gasteiger charge is -2.34. The Morgan fingerprint density at radius 2 is 1.69 bits per heavy atom. The van der Waals surface area contributed by atoms with Gasteiger partial charge in [-0.1, -0.05) is 18.2 Å². The van der Waals surface area contributed by atoms with E-state index < -0.39 is 17.5 Å². The Morgan fingerprint density at radius 1 is 1.00 bits per heavy atom. The summed E-state index contributed by atoms with van der Waals surface area (Å²) in [5, 5.41) is 4.40. The van der Waals surface area contributed by atoms with Crippen molar-refractivity contribution in [2.45, 2.75) is 6.92 Å². The minimum atomic E-state index is -0.812. The summed E-state index contributed by atoms with van der Waals surface area (Å²) in [4.78, 5) is 48.9. The van der Waals surface area contributed by atoms with Gasteiger partial charge in [0.2, 0.25) is 0 Å². The number of nitrogens with one attached hydrogen (secondary N) is 1. The molecule has 4 heterocycles. The maximum Gasteiger partial charge on any atom is 0.295 e. The highest BCUT2D eigenvalue weighted by molar-refractivity contribution is 6.45. The number of carbonyl (C=O) groups is 3. The molecule has 0 aliphatic carbocycles. The molecule has 1 aromatic carbocycles. The molecule has 0 unspecified atom stereocenters. The fourth-order valence-electron chi connectivity index (χ4n) is 4.44. The number of aromatic amines is 1. The van der Waals surface area contributed by atoms with Crippen LogP contribution in [0.1, 0.15) is 26.3 Å². The van der Waals surface area contributed by atoms with Crippen LogP contribution in [-0.2, 0) is 11.8 Å². The van der Waals surface area contributed by atoms with Crippen LogP contribution in [0.5, 0.6) is 0 Å². The molecule has 5 rings (SSSR count). The van der Waals surface area contributed by atoms with E-state index in [-0.39, 0.29) is 29.9 Å². The van der Waals surface area contributed by atoms with Crippen molar-refractivity contribution < 1.29 is 18.8 Å². The largest absolute Gasteiger partial charge is 0.359 e. The van der Waals surface area contributed by atoms with E-state index in [0.717, 1.165) is 11.8 Å². The molecule has 35 heavy (non-hydrogen) atoms. The summed E-state index contributed by atoms with van der Waals surface area (Å²) in [6, 6.07) is 8.91. The van der Waals surface area contributed by atoms with Gasteiger partial charge in [-0.25, -0.2) is 9.37 Å². The van der Waals surface area contributed by atoms with Crippen LogP contribution in [0.4, 0.5) is 4.39 Å². The van der Waals surface area contributed by atoms with Crippen LogP contribution >= 0.6 is 0 Å². The second-order valence-corrected chi connectivity index (χ2v) is 8.52. The number of carbonyl (C=O) groups excluding carboxylic acids is 3. The molecule has 1 fully saturated rings. The number of piperazine rings is 1. The van der Waals surface area contributed by atoms with Gasteiger partial charge in [0.15, 0.2) is 5.82 Å². The van der Waals surface area contributed by atoms with Crippen LogP contribution in [0.2, 0.25) is 0 Å². The lowest BCUT2D eigenvalue weighted by Crippen LogP contribution is -2.52. The number of aryl methyl sites for hydroxylation is 2. The zero-order valence-electron chi connectivity index (χ0n) is 19.3. The number of hydrogen-bond donors (Lipinski definition) is 1. The molecule has 1 aliphatic heterocycles. The maximum absolute atomic E-state index is 14.8. The molecule has 178 valence electrons. The van der Waals surface area contributed by atoms with Gasteiger partial charge >= 0.3 is 0 Å². The van der Waals surface area contributed by atoms with Gasteiger partial charge in [0.05, 0.1) is 22.7 Å². The van der Waals surface area contributed by atoms with E-state index in [0.29, 0.717) is 35.6 Å².